The molecule has 0 saturated carbocycles. The molecule has 2 heteroatoms. The van der Waals surface area contributed by atoms with Crippen molar-refractivity contribution in [2.75, 3.05) is 0 Å². The maximum Gasteiger partial charge on any atom is 0.167 e. The number of ketones is 1. The van der Waals surface area contributed by atoms with E-state index in [-0.39, 0.29) is 5.78 Å². The van der Waals surface area contributed by atoms with Crippen molar-refractivity contribution >= 4 is 17.4 Å². The second-order valence-corrected chi connectivity index (χ2v) is 3.95. The number of halogens is 1. The normalized spacial score (nSPS) is 9.93. The molecule has 0 aliphatic carbocycles. The highest BCUT2D eigenvalue weighted by molar-refractivity contribution is 6.31. The van der Waals surface area contributed by atoms with Gasteiger partial charge in [0.15, 0.2) is 5.78 Å². The Morgan fingerprint density at radius 3 is 2.71 bits per heavy atom. The van der Waals surface area contributed by atoms with Gasteiger partial charge in [-0.2, -0.15) is 0 Å². The summed E-state index contributed by atoms with van der Waals surface area (Å²) in [5, 5.41) is 0.598. The summed E-state index contributed by atoms with van der Waals surface area (Å²) in [4.78, 5) is 11.7. The molecule has 0 N–H and O–H groups in total. The van der Waals surface area contributed by atoms with Gasteiger partial charge >= 0.3 is 0 Å². The highest BCUT2D eigenvalue weighted by Gasteiger charge is 2.09. The molecule has 0 saturated heterocycles. The summed E-state index contributed by atoms with van der Waals surface area (Å²) >= 11 is 5.82. The first-order chi connectivity index (χ1) is 6.50. The van der Waals surface area contributed by atoms with Gasteiger partial charge in [-0.1, -0.05) is 29.8 Å². The minimum absolute atomic E-state index is 0.0810. The molecule has 0 bridgehead atoms. The molecule has 0 spiro atoms. The van der Waals surface area contributed by atoms with Crippen LogP contribution in [0.5, 0.6) is 0 Å². The minimum atomic E-state index is 0.0810. The van der Waals surface area contributed by atoms with Crippen LogP contribution in [0.3, 0.4) is 0 Å². The molecule has 0 aliphatic rings. The van der Waals surface area contributed by atoms with Crippen molar-refractivity contribution in [3.05, 3.63) is 46.5 Å². The standard InChI is InChI=1S/C12H13ClO/c1-8(2)6-12(14)11-7-10(13)5-4-9(11)3/h4-5,7H,1,6H2,2-3H3. The summed E-state index contributed by atoms with van der Waals surface area (Å²) in [6, 6.07) is 5.35. The molecular weight excluding hydrogens is 196 g/mol. The van der Waals surface area contributed by atoms with Crippen molar-refractivity contribution in [1.82, 2.24) is 0 Å². The summed E-state index contributed by atoms with van der Waals surface area (Å²) in [7, 11) is 0. The second kappa shape index (κ2) is 4.43. The van der Waals surface area contributed by atoms with Gasteiger partial charge in [0, 0.05) is 17.0 Å². The number of benzene rings is 1. The molecule has 14 heavy (non-hydrogen) atoms. The first-order valence-electron chi connectivity index (χ1n) is 4.44. The van der Waals surface area contributed by atoms with Crippen molar-refractivity contribution in [3.63, 3.8) is 0 Å². The largest absolute Gasteiger partial charge is 0.294 e. The third kappa shape index (κ3) is 2.71. The topological polar surface area (TPSA) is 17.1 Å². The SMILES string of the molecule is C=C(C)CC(=O)c1cc(Cl)ccc1C. The lowest BCUT2D eigenvalue weighted by atomic mass is 10.0. The Hall–Kier alpha value is -1.08. The number of rotatable bonds is 3. The van der Waals surface area contributed by atoms with Crippen LogP contribution in [0.25, 0.3) is 0 Å². The van der Waals surface area contributed by atoms with Gasteiger partial charge in [0.05, 0.1) is 0 Å². The van der Waals surface area contributed by atoms with Gasteiger partial charge in [0.2, 0.25) is 0 Å². The van der Waals surface area contributed by atoms with Crippen LogP contribution in [0.15, 0.2) is 30.4 Å². The van der Waals surface area contributed by atoms with E-state index in [0.717, 1.165) is 11.1 Å². The Bertz CT molecular complexity index is 380. The molecule has 0 unspecified atom stereocenters. The maximum atomic E-state index is 11.7. The molecule has 0 aliphatic heterocycles. The van der Waals surface area contributed by atoms with E-state index in [1.54, 1.807) is 12.1 Å². The zero-order valence-corrected chi connectivity index (χ0v) is 9.19. The molecule has 0 atom stereocenters. The van der Waals surface area contributed by atoms with Gasteiger partial charge in [-0.05, 0) is 31.5 Å². The van der Waals surface area contributed by atoms with E-state index in [4.69, 9.17) is 11.6 Å². The first-order valence-corrected chi connectivity index (χ1v) is 4.82. The molecule has 0 aromatic heterocycles. The Morgan fingerprint density at radius 1 is 1.50 bits per heavy atom. The Kier molecular flexibility index (Phi) is 3.48. The summed E-state index contributed by atoms with van der Waals surface area (Å²) in [5.74, 6) is 0.0810. The lowest BCUT2D eigenvalue weighted by molar-refractivity contribution is 0.0992. The fourth-order valence-electron chi connectivity index (χ4n) is 1.26. The first kappa shape index (κ1) is 11.0. The average molecular weight is 209 g/mol. The molecule has 1 rings (SSSR count). The zero-order chi connectivity index (χ0) is 10.7. The smallest absolute Gasteiger partial charge is 0.167 e. The summed E-state index contributed by atoms with van der Waals surface area (Å²) in [5.41, 5.74) is 2.52. The van der Waals surface area contributed by atoms with Crippen LogP contribution in [0.2, 0.25) is 5.02 Å². The van der Waals surface area contributed by atoms with Crippen LogP contribution in [0.1, 0.15) is 29.3 Å². The monoisotopic (exact) mass is 208 g/mol. The predicted molar refractivity (Wildman–Crippen MR) is 60.0 cm³/mol. The fourth-order valence-corrected chi connectivity index (χ4v) is 1.44. The summed E-state index contributed by atoms with van der Waals surface area (Å²) in [6.45, 7) is 7.47. The van der Waals surface area contributed by atoms with E-state index in [1.165, 1.54) is 0 Å². The molecule has 1 aromatic carbocycles. The summed E-state index contributed by atoms with van der Waals surface area (Å²) < 4.78 is 0. The molecule has 1 aromatic rings. The molecule has 1 nitrogen and oxygen atoms in total. The molecule has 0 fully saturated rings. The van der Waals surface area contributed by atoms with Gasteiger partial charge in [-0.15, -0.1) is 0 Å². The van der Waals surface area contributed by atoms with Crippen LogP contribution >= 0.6 is 11.6 Å². The number of Topliss-reactive ketones (excluding diaryl/α,β-unsaturated/α-hetero) is 1. The number of aryl methyl sites for hydroxylation is 1. The Labute approximate surface area is 89.4 Å². The lowest BCUT2D eigenvalue weighted by Gasteiger charge is -2.04. The number of carbonyl (C=O) groups excluding carboxylic acids is 1. The number of carbonyl (C=O) groups is 1. The average Bonchev–Trinajstić information content (AvgIpc) is 2.08. The van der Waals surface area contributed by atoms with Crippen molar-refractivity contribution < 1.29 is 4.79 Å². The van der Waals surface area contributed by atoms with Crippen molar-refractivity contribution in [1.29, 1.82) is 0 Å². The van der Waals surface area contributed by atoms with Gasteiger partial charge in [-0.3, -0.25) is 4.79 Å². The highest BCUT2D eigenvalue weighted by Crippen LogP contribution is 2.18. The van der Waals surface area contributed by atoms with Crippen LogP contribution in [-0.2, 0) is 0 Å². The van der Waals surface area contributed by atoms with Crippen LogP contribution < -0.4 is 0 Å². The fraction of sp³-hybridized carbons (Fsp3) is 0.250. The Balaban J connectivity index is 3.00. The van der Waals surface area contributed by atoms with Gasteiger partial charge in [0.1, 0.15) is 0 Å². The van der Waals surface area contributed by atoms with Crippen LogP contribution in [0.4, 0.5) is 0 Å². The van der Waals surface area contributed by atoms with E-state index in [0.29, 0.717) is 17.0 Å². The minimum Gasteiger partial charge on any atom is -0.294 e. The molecular formula is C12H13ClO. The maximum absolute atomic E-state index is 11.7. The van der Waals surface area contributed by atoms with Crippen LogP contribution in [-0.4, -0.2) is 5.78 Å². The van der Waals surface area contributed by atoms with E-state index < -0.39 is 0 Å². The van der Waals surface area contributed by atoms with Crippen LogP contribution in [0, 0.1) is 6.92 Å². The second-order valence-electron chi connectivity index (χ2n) is 3.52. The number of hydrogen-bond donors (Lipinski definition) is 0. The molecule has 0 heterocycles. The quantitative estimate of drug-likeness (QED) is 0.546. The van der Waals surface area contributed by atoms with E-state index in [9.17, 15) is 4.79 Å². The number of allylic oxidation sites excluding steroid dienone is 1. The van der Waals surface area contributed by atoms with E-state index in [1.807, 2.05) is 19.9 Å². The predicted octanol–water partition coefficient (Wildman–Crippen LogP) is 3.80. The zero-order valence-electron chi connectivity index (χ0n) is 8.43. The summed E-state index contributed by atoms with van der Waals surface area (Å²) in [6.07, 6.45) is 0.390. The lowest BCUT2D eigenvalue weighted by Crippen LogP contribution is -2.01. The van der Waals surface area contributed by atoms with Crippen molar-refractivity contribution in [2.45, 2.75) is 20.3 Å². The van der Waals surface area contributed by atoms with Crippen molar-refractivity contribution in [3.8, 4) is 0 Å². The van der Waals surface area contributed by atoms with Crippen molar-refractivity contribution in [2.24, 2.45) is 0 Å². The van der Waals surface area contributed by atoms with E-state index in [2.05, 4.69) is 6.58 Å². The molecule has 74 valence electrons. The van der Waals surface area contributed by atoms with E-state index >= 15 is 0 Å². The van der Waals surface area contributed by atoms with Gasteiger partial charge < -0.3 is 0 Å². The highest BCUT2D eigenvalue weighted by atomic mass is 35.5. The molecule has 0 radical (unpaired) electrons. The number of hydrogen-bond acceptors (Lipinski definition) is 1. The third-order valence-corrected chi connectivity index (χ3v) is 2.20. The van der Waals surface area contributed by atoms with Gasteiger partial charge in [-0.25, -0.2) is 0 Å². The molecule has 0 amide bonds. The Morgan fingerprint density at radius 2 is 2.14 bits per heavy atom. The third-order valence-electron chi connectivity index (χ3n) is 1.96. The van der Waals surface area contributed by atoms with Gasteiger partial charge in [0.25, 0.3) is 0 Å².